The first-order valence-electron chi connectivity index (χ1n) is 9.33. The molecule has 7 heteroatoms. The third kappa shape index (κ3) is 5.65. The minimum Gasteiger partial charge on any atom is -0.484 e. The standard InChI is InChI=1S/C20H27N5O2/c1-16(2)8-10-24-11-9-18-22-23-19(25(18)13-12-24)14-21-20(26)15-27-17-6-4-3-5-7-17/h3-8H,9-15H2,1-2H3,(H,21,26). The van der Waals surface area contributed by atoms with Gasteiger partial charge in [-0.05, 0) is 26.0 Å². The van der Waals surface area contributed by atoms with E-state index >= 15 is 0 Å². The summed E-state index contributed by atoms with van der Waals surface area (Å²) in [7, 11) is 0. The van der Waals surface area contributed by atoms with Crippen LogP contribution in [0.3, 0.4) is 0 Å². The minimum absolute atomic E-state index is 0.0124. The fourth-order valence-electron chi connectivity index (χ4n) is 2.95. The van der Waals surface area contributed by atoms with Crippen molar-refractivity contribution in [1.29, 1.82) is 0 Å². The quantitative estimate of drug-likeness (QED) is 0.754. The van der Waals surface area contributed by atoms with Gasteiger partial charge in [-0.25, -0.2) is 0 Å². The molecule has 0 radical (unpaired) electrons. The second kappa shape index (κ2) is 9.32. The number of fused-ring (bicyclic) bond motifs is 1. The number of benzene rings is 1. The highest BCUT2D eigenvalue weighted by molar-refractivity contribution is 5.77. The number of amides is 1. The molecule has 3 rings (SSSR count). The number of carbonyl (C=O) groups excluding carboxylic acids is 1. The topological polar surface area (TPSA) is 72.3 Å². The average molecular weight is 369 g/mol. The van der Waals surface area contributed by atoms with E-state index in [4.69, 9.17) is 4.74 Å². The van der Waals surface area contributed by atoms with Gasteiger partial charge < -0.3 is 14.6 Å². The average Bonchev–Trinajstić information content (AvgIpc) is 2.94. The van der Waals surface area contributed by atoms with E-state index in [1.54, 1.807) is 0 Å². The smallest absolute Gasteiger partial charge is 0.258 e. The lowest BCUT2D eigenvalue weighted by molar-refractivity contribution is -0.123. The van der Waals surface area contributed by atoms with Gasteiger partial charge in [-0.3, -0.25) is 9.69 Å². The Morgan fingerprint density at radius 1 is 1.19 bits per heavy atom. The van der Waals surface area contributed by atoms with Crippen LogP contribution in [0.1, 0.15) is 25.5 Å². The van der Waals surface area contributed by atoms with Crippen LogP contribution in [0.5, 0.6) is 5.75 Å². The summed E-state index contributed by atoms with van der Waals surface area (Å²) < 4.78 is 7.59. The van der Waals surface area contributed by atoms with Crippen molar-refractivity contribution in [1.82, 2.24) is 25.0 Å². The zero-order chi connectivity index (χ0) is 19.1. The van der Waals surface area contributed by atoms with Gasteiger partial charge in [0.1, 0.15) is 11.6 Å². The first-order valence-corrected chi connectivity index (χ1v) is 9.33. The lowest BCUT2D eigenvalue weighted by atomic mass is 10.3. The second-order valence-corrected chi connectivity index (χ2v) is 6.89. The molecule has 7 nitrogen and oxygen atoms in total. The van der Waals surface area contributed by atoms with E-state index in [9.17, 15) is 4.79 Å². The number of aromatic nitrogens is 3. The summed E-state index contributed by atoms with van der Waals surface area (Å²) in [6.45, 7) is 8.31. The summed E-state index contributed by atoms with van der Waals surface area (Å²) >= 11 is 0. The number of para-hydroxylation sites is 1. The molecular formula is C20H27N5O2. The minimum atomic E-state index is -0.171. The fourth-order valence-corrected chi connectivity index (χ4v) is 2.95. The van der Waals surface area contributed by atoms with Crippen LogP contribution < -0.4 is 10.1 Å². The van der Waals surface area contributed by atoms with Crippen molar-refractivity contribution in [3.63, 3.8) is 0 Å². The van der Waals surface area contributed by atoms with Crippen LogP contribution in [0.15, 0.2) is 42.0 Å². The number of carbonyl (C=O) groups is 1. The van der Waals surface area contributed by atoms with Crippen LogP contribution in [0.25, 0.3) is 0 Å². The maximum Gasteiger partial charge on any atom is 0.258 e. The molecule has 27 heavy (non-hydrogen) atoms. The largest absolute Gasteiger partial charge is 0.484 e. The summed E-state index contributed by atoms with van der Waals surface area (Å²) in [6.07, 6.45) is 3.12. The van der Waals surface area contributed by atoms with E-state index in [1.807, 2.05) is 30.3 Å². The van der Waals surface area contributed by atoms with E-state index in [0.29, 0.717) is 12.3 Å². The van der Waals surface area contributed by atoms with Gasteiger partial charge in [-0.2, -0.15) is 0 Å². The van der Waals surface area contributed by atoms with Crippen molar-refractivity contribution in [2.24, 2.45) is 0 Å². The number of hydrogen-bond acceptors (Lipinski definition) is 5. The zero-order valence-electron chi connectivity index (χ0n) is 16.0. The number of ether oxygens (including phenoxy) is 1. The molecule has 0 saturated carbocycles. The molecule has 0 unspecified atom stereocenters. The molecule has 0 atom stereocenters. The first kappa shape index (κ1) is 19.1. The van der Waals surface area contributed by atoms with Crippen molar-refractivity contribution in [3.05, 3.63) is 53.6 Å². The molecule has 0 spiro atoms. The number of hydrogen-bond donors (Lipinski definition) is 1. The molecule has 1 aromatic heterocycles. The van der Waals surface area contributed by atoms with Crippen molar-refractivity contribution in [2.45, 2.75) is 33.4 Å². The zero-order valence-corrected chi connectivity index (χ0v) is 16.0. The summed E-state index contributed by atoms with van der Waals surface area (Å²) in [4.78, 5) is 14.5. The van der Waals surface area contributed by atoms with Gasteiger partial charge in [0.15, 0.2) is 12.4 Å². The second-order valence-electron chi connectivity index (χ2n) is 6.89. The van der Waals surface area contributed by atoms with Gasteiger partial charge in [0.25, 0.3) is 5.91 Å². The van der Waals surface area contributed by atoms with Gasteiger partial charge in [0.2, 0.25) is 0 Å². The number of nitrogens with one attached hydrogen (secondary N) is 1. The molecule has 0 bridgehead atoms. The molecule has 2 heterocycles. The summed E-state index contributed by atoms with van der Waals surface area (Å²) in [6, 6.07) is 9.31. The van der Waals surface area contributed by atoms with Crippen LogP contribution in [0.4, 0.5) is 0 Å². The maximum atomic E-state index is 12.0. The van der Waals surface area contributed by atoms with Crippen LogP contribution in [-0.2, 0) is 24.3 Å². The highest BCUT2D eigenvalue weighted by Crippen LogP contribution is 2.10. The predicted octanol–water partition coefficient (Wildman–Crippen LogP) is 1.80. The van der Waals surface area contributed by atoms with Crippen molar-refractivity contribution < 1.29 is 9.53 Å². The van der Waals surface area contributed by atoms with Crippen molar-refractivity contribution in [3.8, 4) is 5.75 Å². The molecule has 0 aliphatic carbocycles. The Bertz CT molecular complexity index is 781. The normalized spacial score (nSPS) is 14.1. The Balaban J connectivity index is 1.49. The molecule has 1 N–H and O–H groups in total. The fraction of sp³-hybridized carbons (Fsp3) is 0.450. The molecule has 2 aromatic rings. The molecule has 1 aliphatic rings. The highest BCUT2D eigenvalue weighted by atomic mass is 16.5. The lowest BCUT2D eigenvalue weighted by Crippen LogP contribution is -2.30. The third-order valence-electron chi connectivity index (χ3n) is 4.51. The summed E-state index contributed by atoms with van der Waals surface area (Å²) in [5.41, 5.74) is 1.33. The van der Waals surface area contributed by atoms with Gasteiger partial charge in [0.05, 0.1) is 6.54 Å². The number of rotatable bonds is 7. The van der Waals surface area contributed by atoms with Crippen molar-refractivity contribution in [2.75, 3.05) is 26.2 Å². The Hall–Kier alpha value is -2.67. The molecule has 1 amide bonds. The first-order chi connectivity index (χ1) is 13.1. The lowest BCUT2D eigenvalue weighted by Gasteiger charge is -2.17. The predicted molar refractivity (Wildman–Crippen MR) is 103 cm³/mol. The Labute approximate surface area is 160 Å². The van der Waals surface area contributed by atoms with Crippen LogP contribution in [-0.4, -0.2) is 51.8 Å². The van der Waals surface area contributed by atoms with Crippen LogP contribution in [0.2, 0.25) is 0 Å². The molecule has 0 saturated heterocycles. The molecular weight excluding hydrogens is 342 g/mol. The van der Waals surface area contributed by atoms with E-state index < -0.39 is 0 Å². The van der Waals surface area contributed by atoms with E-state index in [1.165, 1.54) is 5.57 Å². The highest BCUT2D eigenvalue weighted by Gasteiger charge is 2.18. The van der Waals surface area contributed by atoms with Gasteiger partial charge in [-0.1, -0.05) is 29.8 Å². The van der Waals surface area contributed by atoms with Gasteiger partial charge in [0, 0.05) is 32.6 Å². The molecule has 144 valence electrons. The van der Waals surface area contributed by atoms with Gasteiger partial charge in [-0.15, -0.1) is 10.2 Å². The van der Waals surface area contributed by atoms with Gasteiger partial charge >= 0.3 is 0 Å². The number of nitrogens with zero attached hydrogens (tertiary/aromatic N) is 4. The number of allylic oxidation sites excluding steroid dienone is 1. The van der Waals surface area contributed by atoms with Crippen LogP contribution in [0, 0.1) is 0 Å². The molecule has 0 fully saturated rings. The SMILES string of the molecule is CC(C)=CCN1CCc2nnc(CNC(=O)COc3ccccc3)n2CC1. The van der Waals surface area contributed by atoms with E-state index in [2.05, 4.69) is 44.9 Å². The maximum absolute atomic E-state index is 12.0. The third-order valence-corrected chi connectivity index (χ3v) is 4.51. The van der Waals surface area contributed by atoms with E-state index in [0.717, 1.165) is 44.2 Å². The van der Waals surface area contributed by atoms with Crippen LogP contribution >= 0.6 is 0 Å². The summed E-state index contributed by atoms with van der Waals surface area (Å²) in [5.74, 6) is 2.29. The molecule has 1 aliphatic heterocycles. The Morgan fingerprint density at radius 2 is 2.00 bits per heavy atom. The summed E-state index contributed by atoms with van der Waals surface area (Å²) in [5, 5.41) is 11.4. The van der Waals surface area contributed by atoms with Crippen molar-refractivity contribution >= 4 is 5.91 Å². The Kier molecular flexibility index (Phi) is 6.59. The monoisotopic (exact) mass is 369 g/mol. The Morgan fingerprint density at radius 3 is 2.78 bits per heavy atom. The molecule has 1 aromatic carbocycles. The van der Waals surface area contributed by atoms with E-state index in [-0.39, 0.29) is 12.5 Å².